The second-order valence-electron chi connectivity index (χ2n) is 3.49. The van der Waals surface area contributed by atoms with Crippen molar-refractivity contribution in [2.75, 3.05) is 5.75 Å². The molecule has 0 aliphatic rings. The first-order valence-corrected chi connectivity index (χ1v) is 6.79. The number of aromatic nitrogens is 2. The van der Waals surface area contributed by atoms with Crippen LogP contribution in [0.5, 0.6) is 0 Å². The summed E-state index contributed by atoms with van der Waals surface area (Å²) in [7, 11) is 0. The first-order chi connectivity index (χ1) is 8.58. The number of benzene rings is 1. The van der Waals surface area contributed by atoms with Crippen LogP contribution in [-0.4, -0.2) is 27.0 Å². The molecule has 0 saturated heterocycles. The molecule has 0 aliphatic carbocycles. The molecule has 0 saturated carbocycles. The predicted octanol–water partition coefficient (Wildman–Crippen LogP) is 2.98. The monoisotopic (exact) mass is 328 g/mol. The molecule has 0 radical (unpaired) electrons. The van der Waals surface area contributed by atoms with E-state index in [1.165, 1.54) is 0 Å². The van der Waals surface area contributed by atoms with Crippen molar-refractivity contribution in [2.45, 2.75) is 12.1 Å². The van der Waals surface area contributed by atoms with Gasteiger partial charge in [-0.25, -0.2) is 0 Å². The van der Waals surface area contributed by atoms with Gasteiger partial charge in [-0.3, -0.25) is 4.79 Å². The molecule has 94 valence electrons. The summed E-state index contributed by atoms with van der Waals surface area (Å²) in [5.41, 5.74) is 1.86. The van der Waals surface area contributed by atoms with Gasteiger partial charge in [0.2, 0.25) is 5.89 Å². The van der Waals surface area contributed by atoms with Gasteiger partial charge in [0.1, 0.15) is 5.75 Å². The SMILES string of the molecule is Cc1cccc(-c2nnc(SCC(=O)O)o2)c1Br. The van der Waals surface area contributed by atoms with Crippen molar-refractivity contribution in [3.05, 3.63) is 28.2 Å². The first kappa shape index (κ1) is 13.1. The molecule has 7 heteroatoms. The molecule has 2 aromatic rings. The fraction of sp³-hybridized carbons (Fsp3) is 0.182. The lowest BCUT2D eigenvalue weighted by atomic mass is 10.1. The molecule has 0 bridgehead atoms. The van der Waals surface area contributed by atoms with Crippen LogP contribution < -0.4 is 0 Å². The number of halogens is 1. The van der Waals surface area contributed by atoms with E-state index in [0.29, 0.717) is 5.89 Å². The Hall–Kier alpha value is -1.34. The van der Waals surface area contributed by atoms with E-state index in [1.807, 2.05) is 25.1 Å². The van der Waals surface area contributed by atoms with E-state index in [-0.39, 0.29) is 11.0 Å². The third-order valence-corrected chi connectivity index (χ3v) is 4.00. The Bertz CT molecular complexity index is 585. The fourth-order valence-electron chi connectivity index (χ4n) is 1.31. The minimum Gasteiger partial charge on any atom is -0.481 e. The third-order valence-electron chi connectivity index (χ3n) is 2.15. The average molecular weight is 329 g/mol. The molecule has 1 heterocycles. The molecule has 0 aliphatic heterocycles. The maximum atomic E-state index is 10.4. The summed E-state index contributed by atoms with van der Waals surface area (Å²) in [5, 5.41) is 16.5. The number of hydrogen-bond donors (Lipinski definition) is 1. The first-order valence-electron chi connectivity index (χ1n) is 5.01. The van der Waals surface area contributed by atoms with E-state index in [1.54, 1.807) is 0 Å². The zero-order chi connectivity index (χ0) is 13.1. The summed E-state index contributed by atoms with van der Waals surface area (Å²) in [6.45, 7) is 1.96. The van der Waals surface area contributed by atoms with Crippen molar-refractivity contribution in [2.24, 2.45) is 0 Å². The maximum Gasteiger partial charge on any atom is 0.314 e. The molecule has 18 heavy (non-hydrogen) atoms. The van der Waals surface area contributed by atoms with Crippen molar-refractivity contribution < 1.29 is 14.3 Å². The standard InChI is InChI=1S/C11H9BrN2O3S/c1-6-3-2-4-7(9(6)12)10-13-14-11(17-10)18-5-8(15)16/h2-4H,5H2,1H3,(H,15,16). The zero-order valence-corrected chi connectivity index (χ0v) is 11.8. The van der Waals surface area contributed by atoms with Gasteiger partial charge >= 0.3 is 5.97 Å². The van der Waals surface area contributed by atoms with Crippen LogP contribution in [0.4, 0.5) is 0 Å². The Balaban J connectivity index is 2.24. The molecule has 0 atom stereocenters. The minimum absolute atomic E-state index is 0.101. The minimum atomic E-state index is -0.920. The third kappa shape index (κ3) is 2.91. The molecule has 1 aromatic carbocycles. The Kier molecular flexibility index (Phi) is 4.03. The summed E-state index contributed by atoms with van der Waals surface area (Å²) in [6.07, 6.45) is 0. The van der Waals surface area contributed by atoms with E-state index in [2.05, 4.69) is 26.1 Å². The summed E-state index contributed by atoms with van der Waals surface area (Å²) in [5.74, 6) is -0.647. The molecule has 1 aromatic heterocycles. The van der Waals surface area contributed by atoms with E-state index >= 15 is 0 Å². The number of carboxylic acids is 1. The van der Waals surface area contributed by atoms with E-state index in [4.69, 9.17) is 9.52 Å². The highest BCUT2D eigenvalue weighted by molar-refractivity contribution is 9.10. The summed E-state index contributed by atoms with van der Waals surface area (Å²) in [4.78, 5) is 10.4. The number of aliphatic carboxylic acids is 1. The lowest BCUT2D eigenvalue weighted by Crippen LogP contribution is -1.97. The van der Waals surface area contributed by atoms with E-state index in [0.717, 1.165) is 27.4 Å². The molecular formula is C11H9BrN2O3S. The number of carbonyl (C=O) groups is 1. The van der Waals surface area contributed by atoms with Crippen LogP contribution >= 0.6 is 27.7 Å². The highest BCUT2D eigenvalue weighted by Crippen LogP contribution is 2.31. The number of aryl methyl sites for hydroxylation is 1. The van der Waals surface area contributed by atoms with Gasteiger partial charge in [0.25, 0.3) is 5.22 Å². The van der Waals surface area contributed by atoms with Gasteiger partial charge in [-0.1, -0.05) is 23.9 Å². The number of thioether (sulfide) groups is 1. The van der Waals surface area contributed by atoms with Crippen molar-refractivity contribution in [1.29, 1.82) is 0 Å². The van der Waals surface area contributed by atoms with Crippen LogP contribution in [0.25, 0.3) is 11.5 Å². The second-order valence-corrected chi connectivity index (χ2v) is 5.21. The molecule has 0 unspecified atom stereocenters. The smallest absolute Gasteiger partial charge is 0.314 e. The predicted molar refractivity (Wildman–Crippen MR) is 70.5 cm³/mol. The Morgan fingerprint density at radius 1 is 1.50 bits per heavy atom. The molecule has 0 amide bonds. The lowest BCUT2D eigenvalue weighted by Gasteiger charge is -2.01. The van der Waals surface area contributed by atoms with E-state index < -0.39 is 5.97 Å². The summed E-state index contributed by atoms with van der Waals surface area (Å²) < 4.78 is 6.30. The zero-order valence-electron chi connectivity index (χ0n) is 9.38. The van der Waals surface area contributed by atoms with Crippen LogP contribution in [0.15, 0.2) is 32.3 Å². The molecule has 0 spiro atoms. The van der Waals surface area contributed by atoms with Crippen molar-refractivity contribution >= 4 is 33.7 Å². The lowest BCUT2D eigenvalue weighted by molar-refractivity contribution is -0.133. The van der Waals surface area contributed by atoms with Crippen LogP contribution in [0, 0.1) is 6.92 Å². The molecule has 0 fully saturated rings. The maximum absolute atomic E-state index is 10.4. The largest absolute Gasteiger partial charge is 0.481 e. The second kappa shape index (κ2) is 5.53. The van der Waals surface area contributed by atoms with Gasteiger partial charge in [-0.2, -0.15) is 0 Å². The number of nitrogens with zero attached hydrogens (tertiary/aromatic N) is 2. The van der Waals surface area contributed by atoms with Gasteiger partial charge in [0, 0.05) is 4.47 Å². The van der Waals surface area contributed by atoms with Crippen LogP contribution in [-0.2, 0) is 4.79 Å². The Morgan fingerprint density at radius 3 is 3.00 bits per heavy atom. The van der Waals surface area contributed by atoms with Crippen LogP contribution in [0.1, 0.15) is 5.56 Å². The van der Waals surface area contributed by atoms with Gasteiger partial charge in [-0.15, -0.1) is 10.2 Å². The summed E-state index contributed by atoms with van der Waals surface area (Å²) >= 11 is 4.46. The van der Waals surface area contributed by atoms with E-state index in [9.17, 15) is 4.79 Å². The summed E-state index contributed by atoms with van der Waals surface area (Å²) in [6, 6.07) is 5.71. The molecule has 5 nitrogen and oxygen atoms in total. The normalized spacial score (nSPS) is 10.6. The Labute approximate surface area is 116 Å². The highest BCUT2D eigenvalue weighted by atomic mass is 79.9. The van der Waals surface area contributed by atoms with Crippen molar-refractivity contribution in [1.82, 2.24) is 10.2 Å². The quantitative estimate of drug-likeness (QED) is 0.869. The molecular weight excluding hydrogens is 320 g/mol. The van der Waals surface area contributed by atoms with Gasteiger partial charge in [0.05, 0.1) is 5.56 Å². The number of rotatable bonds is 4. The number of carboxylic acid groups (broad SMARTS) is 1. The van der Waals surface area contributed by atoms with Crippen LogP contribution in [0.3, 0.4) is 0 Å². The van der Waals surface area contributed by atoms with Crippen molar-refractivity contribution in [3.8, 4) is 11.5 Å². The topological polar surface area (TPSA) is 76.2 Å². The number of hydrogen-bond acceptors (Lipinski definition) is 5. The van der Waals surface area contributed by atoms with Gasteiger partial charge in [-0.05, 0) is 34.5 Å². The van der Waals surface area contributed by atoms with Crippen LogP contribution in [0.2, 0.25) is 0 Å². The van der Waals surface area contributed by atoms with Gasteiger partial charge < -0.3 is 9.52 Å². The average Bonchev–Trinajstić information content (AvgIpc) is 2.78. The molecule has 1 N–H and O–H groups in total. The van der Waals surface area contributed by atoms with Gasteiger partial charge in [0.15, 0.2) is 0 Å². The molecule has 2 rings (SSSR count). The highest BCUT2D eigenvalue weighted by Gasteiger charge is 2.13. The fourth-order valence-corrected chi connectivity index (χ4v) is 2.23. The Morgan fingerprint density at radius 2 is 2.28 bits per heavy atom. The van der Waals surface area contributed by atoms with Crippen molar-refractivity contribution in [3.63, 3.8) is 0 Å².